The number of alkyl halides is 1. The minimum absolute atomic E-state index is 0.565. The Labute approximate surface area is 87.3 Å². The van der Waals surface area contributed by atoms with E-state index in [2.05, 4.69) is 4.98 Å². The summed E-state index contributed by atoms with van der Waals surface area (Å²) in [6, 6.07) is 8.32. The predicted octanol–water partition coefficient (Wildman–Crippen LogP) is 2.50. The molecule has 0 atom stereocenters. The smallest absolute Gasteiger partial charge is 0.298 e. The van der Waals surface area contributed by atoms with Crippen molar-refractivity contribution in [3.63, 3.8) is 0 Å². The van der Waals surface area contributed by atoms with Crippen LogP contribution in [0.3, 0.4) is 0 Å². The Balaban J connectivity index is 2.35. The summed E-state index contributed by atoms with van der Waals surface area (Å²) in [7, 11) is 1.91. The fourth-order valence-electron chi connectivity index (χ4n) is 1.25. The van der Waals surface area contributed by atoms with Gasteiger partial charge in [-0.3, -0.25) is 0 Å². The molecule has 14 heavy (non-hydrogen) atoms. The van der Waals surface area contributed by atoms with Gasteiger partial charge in [0.15, 0.2) is 5.58 Å². The number of hydrogen-bond donors (Lipinski definition) is 0. The Hall–Kier alpha value is -1.22. The van der Waals surface area contributed by atoms with Crippen molar-refractivity contribution in [1.29, 1.82) is 0 Å². The second-order valence-electron chi connectivity index (χ2n) is 3.07. The van der Waals surface area contributed by atoms with Crippen LogP contribution in [-0.4, -0.2) is 24.5 Å². The van der Waals surface area contributed by atoms with Crippen molar-refractivity contribution in [2.45, 2.75) is 0 Å². The third kappa shape index (κ3) is 1.68. The molecule has 0 bridgehead atoms. The van der Waals surface area contributed by atoms with Crippen molar-refractivity contribution < 1.29 is 4.42 Å². The highest BCUT2D eigenvalue weighted by Crippen LogP contribution is 2.20. The summed E-state index contributed by atoms with van der Waals surface area (Å²) < 4.78 is 5.54. The van der Waals surface area contributed by atoms with E-state index in [1.807, 2.05) is 36.2 Å². The Bertz CT molecular complexity index is 394. The molecular weight excluding hydrogens is 200 g/mol. The molecule has 74 valence electrons. The minimum Gasteiger partial charge on any atom is -0.423 e. The van der Waals surface area contributed by atoms with E-state index < -0.39 is 0 Å². The third-order valence-corrected chi connectivity index (χ3v) is 2.20. The molecule has 1 aromatic heterocycles. The van der Waals surface area contributed by atoms with Crippen LogP contribution in [0.15, 0.2) is 28.7 Å². The quantitative estimate of drug-likeness (QED) is 0.729. The number of oxazole rings is 1. The van der Waals surface area contributed by atoms with Crippen molar-refractivity contribution in [2.75, 3.05) is 24.4 Å². The first kappa shape index (κ1) is 9.34. The molecule has 0 saturated heterocycles. The number of aromatic nitrogens is 1. The van der Waals surface area contributed by atoms with Crippen LogP contribution < -0.4 is 4.90 Å². The molecule has 0 spiro atoms. The van der Waals surface area contributed by atoms with Crippen molar-refractivity contribution in [3.8, 4) is 0 Å². The molecule has 0 aliphatic rings. The van der Waals surface area contributed by atoms with Gasteiger partial charge in [-0.2, -0.15) is 4.98 Å². The van der Waals surface area contributed by atoms with Gasteiger partial charge in [0.25, 0.3) is 6.01 Å². The largest absolute Gasteiger partial charge is 0.423 e. The summed E-state index contributed by atoms with van der Waals surface area (Å²) in [5.41, 5.74) is 1.69. The van der Waals surface area contributed by atoms with Crippen LogP contribution in [-0.2, 0) is 0 Å². The molecule has 2 rings (SSSR count). The molecule has 3 nitrogen and oxygen atoms in total. The lowest BCUT2D eigenvalue weighted by Crippen LogP contribution is -2.19. The summed E-state index contributed by atoms with van der Waals surface area (Å²) >= 11 is 5.63. The molecular formula is C10H11ClN2O. The molecule has 4 heteroatoms. The number of rotatable bonds is 3. The zero-order chi connectivity index (χ0) is 9.97. The van der Waals surface area contributed by atoms with Gasteiger partial charge in [-0.05, 0) is 12.1 Å². The van der Waals surface area contributed by atoms with E-state index in [0.717, 1.165) is 17.6 Å². The van der Waals surface area contributed by atoms with Gasteiger partial charge in [0.1, 0.15) is 5.52 Å². The first-order valence-corrected chi connectivity index (χ1v) is 4.97. The van der Waals surface area contributed by atoms with E-state index in [1.165, 1.54) is 0 Å². The number of halogens is 1. The summed E-state index contributed by atoms with van der Waals surface area (Å²) in [5.74, 6) is 0.565. The van der Waals surface area contributed by atoms with Crippen LogP contribution in [0.4, 0.5) is 6.01 Å². The molecule has 0 fully saturated rings. The topological polar surface area (TPSA) is 29.3 Å². The molecule has 0 unspecified atom stereocenters. The first-order valence-electron chi connectivity index (χ1n) is 4.44. The van der Waals surface area contributed by atoms with E-state index in [1.54, 1.807) is 0 Å². The van der Waals surface area contributed by atoms with Gasteiger partial charge in [0.2, 0.25) is 0 Å². The Kier molecular flexibility index (Phi) is 2.59. The number of fused-ring (bicyclic) bond motifs is 1. The summed E-state index contributed by atoms with van der Waals surface area (Å²) in [5, 5.41) is 0. The summed E-state index contributed by atoms with van der Waals surface area (Å²) in [6.45, 7) is 0.731. The Morgan fingerprint density at radius 1 is 1.43 bits per heavy atom. The number of nitrogens with zero attached hydrogens (tertiary/aromatic N) is 2. The maximum absolute atomic E-state index is 5.63. The molecule has 1 aromatic carbocycles. The van der Waals surface area contributed by atoms with Crippen molar-refractivity contribution >= 4 is 28.7 Å². The average molecular weight is 211 g/mol. The summed E-state index contributed by atoms with van der Waals surface area (Å²) in [6.07, 6.45) is 0. The Morgan fingerprint density at radius 2 is 2.21 bits per heavy atom. The lowest BCUT2D eigenvalue weighted by molar-refractivity contribution is 0.588. The van der Waals surface area contributed by atoms with Gasteiger partial charge in [-0.15, -0.1) is 11.6 Å². The molecule has 2 aromatic rings. The lowest BCUT2D eigenvalue weighted by atomic mass is 10.3. The second-order valence-corrected chi connectivity index (χ2v) is 3.45. The SMILES string of the molecule is CN(CCCl)c1nc2ccccc2o1. The third-order valence-electron chi connectivity index (χ3n) is 2.03. The highest BCUT2D eigenvalue weighted by atomic mass is 35.5. The van der Waals surface area contributed by atoms with Crippen molar-refractivity contribution in [1.82, 2.24) is 4.98 Å². The van der Waals surface area contributed by atoms with Crippen LogP contribution >= 0.6 is 11.6 Å². The standard InChI is InChI=1S/C10H11ClN2O/c1-13(7-6-11)10-12-8-4-2-3-5-9(8)14-10/h2-5H,6-7H2,1H3. The van der Waals surface area contributed by atoms with E-state index in [0.29, 0.717) is 11.9 Å². The van der Waals surface area contributed by atoms with Crippen LogP contribution in [0.2, 0.25) is 0 Å². The number of anilines is 1. The number of para-hydroxylation sites is 2. The second kappa shape index (κ2) is 3.88. The maximum atomic E-state index is 5.63. The van der Waals surface area contributed by atoms with E-state index >= 15 is 0 Å². The number of benzene rings is 1. The van der Waals surface area contributed by atoms with Gasteiger partial charge >= 0.3 is 0 Å². The zero-order valence-corrected chi connectivity index (χ0v) is 8.66. The minimum atomic E-state index is 0.565. The van der Waals surface area contributed by atoms with Crippen LogP contribution in [0, 0.1) is 0 Å². The monoisotopic (exact) mass is 210 g/mol. The normalized spacial score (nSPS) is 10.7. The molecule has 1 heterocycles. The van der Waals surface area contributed by atoms with Gasteiger partial charge in [0.05, 0.1) is 0 Å². The fourth-order valence-corrected chi connectivity index (χ4v) is 1.50. The number of hydrogen-bond acceptors (Lipinski definition) is 3. The first-order chi connectivity index (χ1) is 6.81. The van der Waals surface area contributed by atoms with Gasteiger partial charge in [0, 0.05) is 19.5 Å². The van der Waals surface area contributed by atoms with E-state index in [9.17, 15) is 0 Å². The average Bonchev–Trinajstić information content (AvgIpc) is 2.61. The summed E-state index contributed by atoms with van der Waals surface area (Å²) in [4.78, 5) is 6.23. The van der Waals surface area contributed by atoms with Crippen molar-refractivity contribution in [3.05, 3.63) is 24.3 Å². The Morgan fingerprint density at radius 3 is 2.93 bits per heavy atom. The zero-order valence-electron chi connectivity index (χ0n) is 7.90. The van der Waals surface area contributed by atoms with Gasteiger partial charge in [-0.25, -0.2) is 0 Å². The molecule has 0 aliphatic carbocycles. The van der Waals surface area contributed by atoms with Crippen molar-refractivity contribution in [2.24, 2.45) is 0 Å². The van der Waals surface area contributed by atoms with Crippen LogP contribution in [0.5, 0.6) is 0 Å². The highest BCUT2D eigenvalue weighted by Gasteiger charge is 2.08. The van der Waals surface area contributed by atoms with Gasteiger partial charge < -0.3 is 9.32 Å². The highest BCUT2D eigenvalue weighted by molar-refractivity contribution is 6.18. The molecule has 0 radical (unpaired) electrons. The fraction of sp³-hybridized carbons (Fsp3) is 0.300. The van der Waals surface area contributed by atoms with Gasteiger partial charge in [-0.1, -0.05) is 12.1 Å². The predicted molar refractivity (Wildman–Crippen MR) is 58.0 cm³/mol. The molecule has 0 aliphatic heterocycles. The van der Waals surface area contributed by atoms with Crippen LogP contribution in [0.25, 0.3) is 11.1 Å². The molecule has 0 amide bonds. The lowest BCUT2D eigenvalue weighted by Gasteiger charge is -2.10. The molecule has 0 N–H and O–H groups in total. The van der Waals surface area contributed by atoms with E-state index in [-0.39, 0.29) is 0 Å². The van der Waals surface area contributed by atoms with Crippen LogP contribution in [0.1, 0.15) is 0 Å². The molecule has 0 saturated carbocycles. The maximum Gasteiger partial charge on any atom is 0.298 e. The van der Waals surface area contributed by atoms with E-state index in [4.69, 9.17) is 16.0 Å².